The van der Waals surface area contributed by atoms with Gasteiger partial charge in [-0.2, -0.15) is 0 Å². The average molecular weight is 343 g/mol. The van der Waals surface area contributed by atoms with Crippen LogP contribution < -0.4 is 5.32 Å². The second-order valence-electron chi connectivity index (χ2n) is 5.88. The van der Waals surface area contributed by atoms with E-state index in [4.69, 9.17) is 11.6 Å². The SMILES string of the molecule is O=C(CC(=O)N1CCc2ccccc2C1)NCc1ccccc1Cl. The molecule has 0 radical (unpaired) electrons. The van der Waals surface area contributed by atoms with Crippen LogP contribution in [0.3, 0.4) is 0 Å². The highest BCUT2D eigenvalue weighted by Crippen LogP contribution is 2.19. The number of carbonyl (C=O) groups is 2. The Hall–Kier alpha value is -2.33. The Balaban J connectivity index is 1.52. The number of hydrogen-bond acceptors (Lipinski definition) is 2. The minimum absolute atomic E-state index is 0.132. The van der Waals surface area contributed by atoms with Crippen LogP contribution in [-0.4, -0.2) is 23.3 Å². The summed E-state index contributed by atoms with van der Waals surface area (Å²) in [6.45, 7) is 1.56. The number of benzene rings is 2. The summed E-state index contributed by atoms with van der Waals surface area (Å²) in [5, 5.41) is 3.37. The van der Waals surface area contributed by atoms with Crippen LogP contribution in [0.4, 0.5) is 0 Å². The molecular weight excluding hydrogens is 324 g/mol. The normalized spacial score (nSPS) is 13.3. The highest BCUT2D eigenvalue weighted by molar-refractivity contribution is 6.31. The molecule has 3 rings (SSSR count). The molecule has 0 saturated heterocycles. The fraction of sp³-hybridized carbons (Fsp3) is 0.263. The lowest BCUT2D eigenvalue weighted by Crippen LogP contribution is -2.38. The predicted octanol–water partition coefficient (Wildman–Crippen LogP) is 2.93. The zero-order valence-electron chi connectivity index (χ0n) is 13.3. The maximum absolute atomic E-state index is 12.3. The summed E-state index contributed by atoms with van der Waals surface area (Å²) in [7, 11) is 0. The summed E-state index contributed by atoms with van der Waals surface area (Å²) in [5.74, 6) is -0.417. The number of nitrogens with one attached hydrogen (secondary N) is 1. The van der Waals surface area contributed by atoms with Crippen molar-refractivity contribution in [1.29, 1.82) is 0 Å². The van der Waals surface area contributed by atoms with Crippen molar-refractivity contribution in [2.45, 2.75) is 25.9 Å². The van der Waals surface area contributed by atoms with E-state index >= 15 is 0 Å². The van der Waals surface area contributed by atoms with Crippen molar-refractivity contribution in [3.63, 3.8) is 0 Å². The van der Waals surface area contributed by atoms with Gasteiger partial charge >= 0.3 is 0 Å². The van der Waals surface area contributed by atoms with Gasteiger partial charge < -0.3 is 10.2 Å². The van der Waals surface area contributed by atoms with E-state index in [-0.39, 0.29) is 18.2 Å². The summed E-state index contributed by atoms with van der Waals surface area (Å²) in [6, 6.07) is 15.4. The molecule has 0 bridgehead atoms. The minimum atomic E-state index is -0.279. The van der Waals surface area contributed by atoms with E-state index in [9.17, 15) is 9.59 Å². The average Bonchev–Trinajstić information content (AvgIpc) is 2.60. The van der Waals surface area contributed by atoms with E-state index < -0.39 is 0 Å². The number of hydrogen-bond donors (Lipinski definition) is 1. The molecule has 2 amide bonds. The number of amides is 2. The van der Waals surface area contributed by atoms with Crippen molar-refractivity contribution < 1.29 is 9.59 Å². The smallest absolute Gasteiger partial charge is 0.232 e. The van der Waals surface area contributed by atoms with Gasteiger partial charge in [0.2, 0.25) is 11.8 Å². The van der Waals surface area contributed by atoms with Gasteiger partial charge in [0.25, 0.3) is 0 Å². The highest BCUT2D eigenvalue weighted by atomic mass is 35.5. The third-order valence-corrected chi connectivity index (χ3v) is 4.60. The van der Waals surface area contributed by atoms with Crippen LogP contribution >= 0.6 is 11.6 Å². The molecular formula is C19H19ClN2O2. The van der Waals surface area contributed by atoms with Crippen molar-refractivity contribution >= 4 is 23.4 Å². The van der Waals surface area contributed by atoms with Crippen molar-refractivity contribution in [3.05, 3.63) is 70.2 Å². The van der Waals surface area contributed by atoms with Gasteiger partial charge in [0.15, 0.2) is 0 Å². The molecule has 2 aromatic carbocycles. The number of rotatable bonds is 4. The summed E-state index contributed by atoms with van der Waals surface area (Å²) in [5.41, 5.74) is 3.28. The third-order valence-electron chi connectivity index (χ3n) is 4.23. The van der Waals surface area contributed by atoms with Gasteiger partial charge in [0.1, 0.15) is 6.42 Å². The molecule has 0 spiro atoms. The van der Waals surface area contributed by atoms with Crippen LogP contribution in [-0.2, 0) is 29.1 Å². The summed E-state index contributed by atoms with van der Waals surface area (Å²) in [6.07, 6.45) is 0.704. The predicted molar refractivity (Wildman–Crippen MR) is 93.5 cm³/mol. The molecule has 0 saturated carbocycles. The first-order valence-corrected chi connectivity index (χ1v) is 8.36. The standard InChI is InChI=1S/C19H19ClN2O2/c20-17-8-4-3-6-15(17)12-21-18(23)11-19(24)22-10-9-14-5-1-2-7-16(14)13-22/h1-8H,9-13H2,(H,21,23). The highest BCUT2D eigenvalue weighted by Gasteiger charge is 2.22. The van der Waals surface area contributed by atoms with E-state index in [0.29, 0.717) is 24.7 Å². The molecule has 0 fully saturated rings. The molecule has 24 heavy (non-hydrogen) atoms. The fourth-order valence-corrected chi connectivity index (χ4v) is 3.06. The molecule has 1 aliphatic heterocycles. The topological polar surface area (TPSA) is 49.4 Å². The fourth-order valence-electron chi connectivity index (χ4n) is 2.86. The molecule has 5 heteroatoms. The zero-order valence-corrected chi connectivity index (χ0v) is 14.1. The molecule has 2 aromatic rings. The maximum Gasteiger partial charge on any atom is 0.232 e. The monoisotopic (exact) mass is 342 g/mol. The lowest BCUT2D eigenvalue weighted by molar-refractivity contribution is -0.136. The Morgan fingerprint density at radius 3 is 2.54 bits per heavy atom. The summed E-state index contributed by atoms with van der Waals surface area (Å²) < 4.78 is 0. The summed E-state index contributed by atoms with van der Waals surface area (Å²) in [4.78, 5) is 26.1. The molecule has 1 N–H and O–H groups in total. The molecule has 0 unspecified atom stereocenters. The van der Waals surface area contributed by atoms with Crippen molar-refractivity contribution in [3.8, 4) is 0 Å². The van der Waals surface area contributed by atoms with Crippen LogP contribution in [0.15, 0.2) is 48.5 Å². The number of fused-ring (bicyclic) bond motifs is 1. The minimum Gasteiger partial charge on any atom is -0.352 e. The number of carbonyl (C=O) groups excluding carboxylic acids is 2. The van der Waals surface area contributed by atoms with Gasteiger partial charge in [-0.1, -0.05) is 54.1 Å². The third kappa shape index (κ3) is 3.95. The van der Waals surface area contributed by atoms with Crippen molar-refractivity contribution in [2.24, 2.45) is 0 Å². The van der Waals surface area contributed by atoms with Gasteiger partial charge in [-0.3, -0.25) is 9.59 Å². The van der Waals surface area contributed by atoms with Crippen LogP contribution in [0.5, 0.6) is 0 Å². The largest absolute Gasteiger partial charge is 0.352 e. The molecule has 1 aliphatic rings. The second-order valence-corrected chi connectivity index (χ2v) is 6.29. The lowest BCUT2D eigenvalue weighted by atomic mass is 10.00. The Bertz CT molecular complexity index is 761. The van der Waals surface area contributed by atoms with Gasteiger partial charge in [-0.25, -0.2) is 0 Å². The first-order valence-electron chi connectivity index (χ1n) is 7.98. The van der Waals surface area contributed by atoms with Gasteiger partial charge in [-0.15, -0.1) is 0 Å². The molecule has 1 heterocycles. The number of halogens is 1. The van der Waals surface area contributed by atoms with Crippen LogP contribution in [0.1, 0.15) is 23.1 Å². The van der Waals surface area contributed by atoms with Gasteiger partial charge in [0, 0.05) is 24.7 Å². The van der Waals surface area contributed by atoms with Gasteiger partial charge in [0.05, 0.1) is 0 Å². The quantitative estimate of drug-likeness (QED) is 0.868. The van der Waals surface area contributed by atoms with E-state index in [2.05, 4.69) is 11.4 Å². The first-order chi connectivity index (χ1) is 11.6. The van der Waals surface area contributed by atoms with Crippen LogP contribution in [0.25, 0.3) is 0 Å². The second kappa shape index (κ2) is 7.49. The van der Waals surface area contributed by atoms with Crippen molar-refractivity contribution in [2.75, 3.05) is 6.54 Å². The van der Waals surface area contributed by atoms with Crippen LogP contribution in [0.2, 0.25) is 5.02 Å². The van der Waals surface area contributed by atoms with Crippen LogP contribution in [0, 0.1) is 0 Å². The zero-order chi connectivity index (χ0) is 16.9. The van der Waals surface area contributed by atoms with E-state index in [0.717, 1.165) is 17.5 Å². The first kappa shape index (κ1) is 16.5. The molecule has 0 atom stereocenters. The molecule has 0 aliphatic carbocycles. The Morgan fingerprint density at radius 2 is 1.75 bits per heavy atom. The number of nitrogens with zero attached hydrogens (tertiary/aromatic N) is 1. The van der Waals surface area contributed by atoms with Gasteiger partial charge in [-0.05, 0) is 29.2 Å². The lowest BCUT2D eigenvalue weighted by Gasteiger charge is -2.28. The Kier molecular flexibility index (Phi) is 5.16. The summed E-state index contributed by atoms with van der Waals surface area (Å²) >= 11 is 6.06. The van der Waals surface area contributed by atoms with E-state index in [1.165, 1.54) is 5.56 Å². The molecule has 0 aromatic heterocycles. The Labute approximate surface area is 146 Å². The van der Waals surface area contributed by atoms with E-state index in [1.807, 2.05) is 36.4 Å². The molecule has 4 nitrogen and oxygen atoms in total. The van der Waals surface area contributed by atoms with Crippen molar-refractivity contribution in [1.82, 2.24) is 10.2 Å². The Morgan fingerprint density at radius 1 is 1.04 bits per heavy atom. The maximum atomic E-state index is 12.3. The van der Waals surface area contributed by atoms with E-state index in [1.54, 1.807) is 11.0 Å². The molecule has 124 valence electrons.